The number of hydrogen-bond acceptors (Lipinski definition) is 7. The van der Waals surface area contributed by atoms with Crippen molar-refractivity contribution in [3.63, 3.8) is 0 Å². The molecular formula is C22H26N2O6S. The predicted octanol–water partition coefficient (Wildman–Crippen LogP) is 4.61. The Morgan fingerprint density at radius 1 is 1.29 bits per heavy atom. The molecule has 1 heterocycles. The molecule has 0 saturated heterocycles. The van der Waals surface area contributed by atoms with Crippen LogP contribution in [-0.2, 0) is 22.4 Å². The largest absolute Gasteiger partial charge is 0.477 e. The smallest absolute Gasteiger partial charge is 0.341 e. The first-order valence-corrected chi connectivity index (χ1v) is 10.8. The molecule has 0 radical (unpaired) electrons. The summed E-state index contributed by atoms with van der Waals surface area (Å²) in [7, 11) is 1.32. The Bertz CT molecular complexity index is 1010. The van der Waals surface area contributed by atoms with Gasteiger partial charge < -0.3 is 14.8 Å². The third-order valence-corrected chi connectivity index (χ3v) is 6.72. The van der Waals surface area contributed by atoms with Crippen molar-refractivity contribution >= 4 is 33.9 Å². The molecule has 9 heteroatoms. The van der Waals surface area contributed by atoms with E-state index in [-0.39, 0.29) is 16.9 Å². The van der Waals surface area contributed by atoms with Gasteiger partial charge in [-0.3, -0.25) is 14.9 Å². The number of nitro benzene ring substituents is 1. The van der Waals surface area contributed by atoms with Crippen LogP contribution in [0.25, 0.3) is 0 Å². The fourth-order valence-electron chi connectivity index (χ4n) is 3.77. The average molecular weight is 447 g/mol. The third-order valence-electron chi connectivity index (χ3n) is 5.55. The molecule has 1 N–H and O–H groups in total. The molecule has 3 rings (SSSR count). The lowest BCUT2D eigenvalue weighted by Crippen LogP contribution is -2.26. The van der Waals surface area contributed by atoms with Crippen molar-refractivity contribution in [3.05, 3.63) is 50.4 Å². The SMILES string of the molecule is COC(=O)c1c(NC(=O)COc2ccccc2[N+](=O)[O-])sc2c1CCC(C(C)(C)C)C2. The van der Waals surface area contributed by atoms with E-state index in [2.05, 4.69) is 26.1 Å². The molecule has 8 nitrogen and oxygen atoms in total. The van der Waals surface area contributed by atoms with Crippen LogP contribution >= 0.6 is 11.3 Å². The Labute approximate surface area is 184 Å². The number of esters is 1. The summed E-state index contributed by atoms with van der Waals surface area (Å²) in [5.41, 5.74) is 1.26. The van der Waals surface area contributed by atoms with Gasteiger partial charge in [-0.2, -0.15) is 0 Å². The topological polar surface area (TPSA) is 108 Å². The number of anilines is 1. The van der Waals surface area contributed by atoms with Gasteiger partial charge in [0, 0.05) is 10.9 Å². The standard InChI is InChI=1S/C22H26N2O6S/c1-22(2,3)13-9-10-14-17(11-13)31-20(19(14)21(26)29-4)23-18(25)12-30-16-8-6-5-7-15(16)24(27)28/h5-8,13H,9-12H2,1-4H3,(H,23,25). The van der Waals surface area contributed by atoms with E-state index in [0.717, 1.165) is 29.7 Å². The Kier molecular flexibility index (Phi) is 6.64. The summed E-state index contributed by atoms with van der Waals surface area (Å²) in [5, 5.41) is 14.3. The van der Waals surface area contributed by atoms with Gasteiger partial charge in [-0.25, -0.2) is 4.79 Å². The van der Waals surface area contributed by atoms with Crippen LogP contribution in [0.1, 0.15) is 48.0 Å². The molecule has 1 aliphatic carbocycles. The summed E-state index contributed by atoms with van der Waals surface area (Å²) in [5.74, 6) is -0.500. The zero-order chi connectivity index (χ0) is 22.8. The minimum absolute atomic E-state index is 0.00864. The van der Waals surface area contributed by atoms with E-state index in [1.807, 2.05) is 0 Å². The molecule has 166 valence electrons. The van der Waals surface area contributed by atoms with E-state index in [4.69, 9.17) is 9.47 Å². The molecule has 1 aromatic carbocycles. The molecule has 0 spiro atoms. The number of rotatable bonds is 6. The first-order valence-electron chi connectivity index (χ1n) is 10.0. The first-order chi connectivity index (χ1) is 14.6. The molecule has 1 unspecified atom stereocenters. The quantitative estimate of drug-likeness (QED) is 0.394. The van der Waals surface area contributed by atoms with Crippen LogP contribution in [0.15, 0.2) is 24.3 Å². The summed E-state index contributed by atoms with van der Waals surface area (Å²) < 4.78 is 10.3. The fraction of sp³-hybridized carbons (Fsp3) is 0.455. The number of carbonyl (C=O) groups excluding carboxylic acids is 2. The number of nitrogens with one attached hydrogen (secondary N) is 1. The van der Waals surface area contributed by atoms with Gasteiger partial charge in [0.1, 0.15) is 5.00 Å². The molecular weight excluding hydrogens is 420 g/mol. The number of methoxy groups -OCH3 is 1. The number of carbonyl (C=O) groups is 2. The maximum atomic E-state index is 12.5. The van der Waals surface area contributed by atoms with Gasteiger partial charge in [-0.05, 0) is 42.2 Å². The van der Waals surface area contributed by atoms with Crippen molar-refractivity contribution in [2.45, 2.75) is 40.0 Å². The molecule has 1 amide bonds. The second-order valence-corrected chi connectivity index (χ2v) is 9.67. The van der Waals surface area contributed by atoms with Crippen molar-refractivity contribution in [1.29, 1.82) is 0 Å². The number of nitrogens with zero attached hydrogens (tertiary/aromatic N) is 1. The van der Waals surface area contributed by atoms with E-state index in [9.17, 15) is 19.7 Å². The van der Waals surface area contributed by atoms with Gasteiger partial charge in [0.2, 0.25) is 0 Å². The van der Waals surface area contributed by atoms with Gasteiger partial charge in [-0.1, -0.05) is 32.9 Å². The molecule has 0 fully saturated rings. The number of hydrogen-bond donors (Lipinski definition) is 1. The van der Waals surface area contributed by atoms with Crippen molar-refractivity contribution < 1.29 is 24.0 Å². The highest BCUT2D eigenvalue weighted by molar-refractivity contribution is 7.17. The van der Waals surface area contributed by atoms with Gasteiger partial charge in [0.15, 0.2) is 12.4 Å². The maximum absolute atomic E-state index is 12.5. The zero-order valence-electron chi connectivity index (χ0n) is 18.0. The number of para-hydroxylation sites is 2. The predicted molar refractivity (Wildman–Crippen MR) is 118 cm³/mol. The zero-order valence-corrected chi connectivity index (χ0v) is 18.8. The lowest BCUT2D eigenvalue weighted by atomic mass is 9.72. The van der Waals surface area contributed by atoms with Crippen LogP contribution < -0.4 is 10.1 Å². The van der Waals surface area contributed by atoms with E-state index < -0.39 is 23.4 Å². The summed E-state index contributed by atoms with van der Waals surface area (Å²) >= 11 is 1.39. The lowest BCUT2D eigenvalue weighted by molar-refractivity contribution is -0.385. The number of ether oxygens (including phenoxy) is 2. The Balaban J connectivity index is 1.78. The number of benzene rings is 1. The van der Waals surface area contributed by atoms with Crippen LogP contribution in [0.3, 0.4) is 0 Å². The van der Waals surface area contributed by atoms with Gasteiger partial charge in [0.25, 0.3) is 5.91 Å². The molecule has 0 bridgehead atoms. The second kappa shape index (κ2) is 9.05. The third kappa shape index (κ3) is 5.04. The Morgan fingerprint density at radius 3 is 2.65 bits per heavy atom. The minimum atomic E-state index is -0.568. The summed E-state index contributed by atoms with van der Waals surface area (Å²) in [6, 6.07) is 5.85. The summed E-state index contributed by atoms with van der Waals surface area (Å²) in [6.07, 6.45) is 2.56. The highest BCUT2D eigenvalue weighted by atomic mass is 32.1. The molecule has 0 aliphatic heterocycles. The molecule has 2 aromatic rings. The molecule has 0 saturated carbocycles. The van der Waals surface area contributed by atoms with E-state index in [1.165, 1.54) is 36.6 Å². The van der Waals surface area contributed by atoms with Crippen LogP contribution in [0.4, 0.5) is 10.7 Å². The highest BCUT2D eigenvalue weighted by Gasteiger charge is 2.34. The number of fused-ring (bicyclic) bond motifs is 1. The van der Waals surface area contributed by atoms with Crippen LogP contribution in [0, 0.1) is 21.4 Å². The second-order valence-electron chi connectivity index (χ2n) is 8.57. The minimum Gasteiger partial charge on any atom is -0.477 e. The summed E-state index contributed by atoms with van der Waals surface area (Å²) in [6.45, 7) is 6.21. The van der Waals surface area contributed by atoms with Crippen LogP contribution in [0.5, 0.6) is 5.75 Å². The number of amides is 1. The van der Waals surface area contributed by atoms with Gasteiger partial charge in [0.05, 0.1) is 17.6 Å². The Morgan fingerprint density at radius 2 is 2.00 bits per heavy atom. The van der Waals surface area contributed by atoms with E-state index in [0.29, 0.717) is 16.5 Å². The molecule has 31 heavy (non-hydrogen) atoms. The van der Waals surface area contributed by atoms with Crippen molar-refractivity contribution in [2.24, 2.45) is 11.3 Å². The van der Waals surface area contributed by atoms with Crippen LogP contribution in [-0.4, -0.2) is 30.5 Å². The van der Waals surface area contributed by atoms with Crippen molar-refractivity contribution in [3.8, 4) is 5.75 Å². The highest BCUT2D eigenvalue weighted by Crippen LogP contribution is 2.44. The van der Waals surface area contributed by atoms with Crippen molar-refractivity contribution in [1.82, 2.24) is 0 Å². The molecule has 1 aromatic heterocycles. The maximum Gasteiger partial charge on any atom is 0.341 e. The first kappa shape index (κ1) is 22.7. The van der Waals surface area contributed by atoms with E-state index in [1.54, 1.807) is 6.07 Å². The molecule has 1 atom stereocenters. The number of thiophene rings is 1. The van der Waals surface area contributed by atoms with Crippen LogP contribution in [0.2, 0.25) is 0 Å². The lowest BCUT2D eigenvalue weighted by Gasteiger charge is -2.33. The van der Waals surface area contributed by atoms with Gasteiger partial charge in [-0.15, -0.1) is 11.3 Å². The summed E-state index contributed by atoms with van der Waals surface area (Å²) in [4.78, 5) is 36.6. The van der Waals surface area contributed by atoms with Gasteiger partial charge >= 0.3 is 11.7 Å². The number of nitro groups is 1. The molecule has 1 aliphatic rings. The van der Waals surface area contributed by atoms with E-state index >= 15 is 0 Å². The fourth-order valence-corrected chi connectivity index (χ4v) is 5.10. The average Bonchev–Trinajstić information content (AvgIpc) is 3.08. The van der Waals surface area contributed by atoms with Crippen molar-refractivity contribution in [2.75, 3.05) is 19.0 Å². The Hall–Kier alpha value is -2.94. The normalized spacial score (nSPS) is 15.7. The monoisotopic (exact) mass is 446 g/mol.